The van der Waals surface area contributed by atoms with Gasteiger partial charge in [0, 0.05) is 16.0 Å². The molecule has 0 radical (unpaired) electrons. The van der Waals surface area contributed by atoms with Crippen LogP contribution in [0.15, 0.2) is 58.8 Å². The lowest BCUT2D eigenvalue weighted by molar-refractivity contribution is -0.151. The number of benzene rings is 2. The molecular weight excluding hydrogens is 462 g/mol. The lowest BCUT2D eigenvalue weighted by atomic mass is 10.2. The molecule has 0 fully saturated rings. The fourth-order valence-electron chi connectivity index (χ4n) is 2.31. The molecule has 32 heavy (non-hydrogen) atoms. The summed E-state index contributed by atoms with van der Waals surface area (Å²) in [5, 5.41) is 3.41. The number of hydrogen-bond donors (Lipinski definition) is 2. The van der Waals surface area contributed by atoms with E-state index in [-0.39, 0.29) is 0 Å². The molecule has 2 rings (SSSR count). The Bertz CT molecular complexity index is 1060. The molecule has 0 aliphatic heterocycles. The number of nitrogens with one attached hydrogen (secondary N) is 2. The van der Waals surface area contributed by atoms with E-state index in [2.05, 4.69) is 10.0 Å². The lowest BCUT2D eigenvalue weighted by Gasteiger charge is -2.14. The summed E-state index contributed by atoms with van der Waals surface area (Å²) in [5.74, 6) is -4.15. The first-order valence-electron chi connectivity index (χ1n) is 9.34. The van der Waals surface area contributed by atoms with Crippen LogP contribution in [0.4, 0.5) is 14.5 Å². The number of carbonyl (C=O) groups is 2. The van der Waals surface area contributed by atoms with E-state index >= 15 is 0 Å². The van der Waals surface area contributed by atoms with E-state index in [0.29, 0.717) is 27.9 Å². The number of sulfonamides is 1. The van der Waals surface area contributed by atoms with Gasteiger partial charge in [0.15, 0.2) is 6.10 Å². The van der Waals surface area contributed by atoms with Crippen LogP contribution in [0.1, 0.15) is 18.1 Å². The van der Waals surface area contributed by atoms with E-state index in [1.165, 1.54) is 37.3 Å². The monoisotopic (exact) mass is 484 g/mol. The molecule has 0 saturated heterocycles. The highest BCUT2D eigenvalue weighted by molar-refractivity contribution is 7.99. The first kappa shape index (κ1) is 25.5. The van der Waals surface area contributed by atoms with Crippen molar-refractivity contribution in [2.75, 3.05) is 11.9 Å². The molecule has 0 saturated carbocycles. The number of alkyl halides is 2. The Kier molecular flexibility index (Phi) is 9.36. The highest BCUT2D eigenvalue weighted by atomic mass is 32.2. The summed E-state index contributed by atoms with van der Waals surface area (Å²) in [6.45, 7) is 2.57. The number of esters is 1. The van der Waals surface area contributed by atoms with E-state index in [4.69, 9.17) is 4.74 Å². The number of halogens is 2. The molecule has 2 aromatic rings. The van der Waals surface area contributed by atoms with Gasteiger partial charge in [0.05, 0.1) is 0 Å². The number of aryl methyl sites for hydroxylation is 1. The topological polar surface area (TPSA) is 102 Å². The van der Waals surface area contributed by atoms with Crippen LogP contribution < -0.4 is 10.0 Å². The van der Waals surface area contributed by atoms with Crippen molar-refractivity contribution in [2.24, 2.45) is 0 Å². The van der Waals surface area contributed by atoms with Crippen molar-refractivity contribution in [3.8, 4) is 0 Å². The predicted octanol–water partition coefficient (Wildman–Crippen LogP) is 3.77. The number of thioether (sulfide) groups is 1. The van der Waals surface area contributed by atoms with Gasteiger partial charge in [0.2, 0.25) is 10.0 Å². The Balaban J connectivity index is 1.81. The summed E-state index contributed by atoms with van der Waals surface area (Å²) in [7, 11) is -3.89. The maximum Gasteiger partial charge on any atom is 0.321 e. The van der Waals surface area contributed by atoms with Crippen molar-refractivity contribution >= 4 is 45.4 Å². The second-order valence-electron chi connectivity index (χ2n) is 6.60. The smallest absolute Gasteiger partial charge is 0.321 e. The molecule has 0 bridgehead atoms. The van der Waals surface area contributed by atoms with E-state index in [9.17, 15) is 26.8 Å². The quantitative estimate of drug-likeness (QED) is 0.393. The number of ether oxygens (including phenoxy) is 1. The van der Waals surface area contributed by atoms with Gasteiger partial charge >= 0.3 is 5.97 Å². The number of rotatable bonds is 10. The highest BCUT2D eigenvalue weighted by Gasteiger charge is 2.19. The molecule has 7 nitrogen and oxygen atoms in total. The SMILES string of the molecule is Cc1ccc(/C=C/S(=O)(=O)NCC(=O)OC(C)C(=O)Nc2ccc(SC(F)F)cc2)cc1. The van der Waals surface area contributed by atoms with Gasteiger partial charge in [-0.25, -0.2) is 13.1 Å². The average molecular weight is 485 g/mol. The molecule has 0 spiro atoms. The van der Waals surface area contributed by atoms with E-state index in [1.54, 1.807) is 12.1 Å². The van der Waals surface area contributed by atoms with Gasteiger partial charge in [0.25, 0.3) is 11.7 Å². The van der Waals surface area contributed by atoms with Gasteiger partial charge in [-0.3, -0.25) is 9.59 Å². The summed E-state index contributed by atoms with van der Waals surface area (Å²) < 4.78 is 55.6. The fourth-order valence-corrected chi connectivity index (χ4v) is 3.56. The zero-order valence-electron chi connectivity index (χ0n) is 17.2. The third kappa shape index (κ3) is 9.16. The normalized spacial score (nSPS) is 12.7. The highest BCUT2D eigenvalue weighted by Crippen LogP contribution is 2.26. The molecular formula is C21H22F2N2O5S2. The zero-order valence-corrected chi connectivity index (χ0v) is 18.9. The number of amides is 1. The van der Waals surface area contributed by atoms with Crippen LogP contribution in [0.3, 0.4) is 0 Å². The Morgan fingerprint density at radius 1 is 1.09 bits per heavy atom. The minimum atomic E-state index is -3.89. The van der Waals surface area contributed by atoms with E-state index < -0.39 is 40.3 Å². The first-order valence-corrected chi connectivity index (χ1v) is 11.8. The molecule has 1 atom stereocenters. The predicted molar refractivity (Wildman–Crippen MR) is 120 cm³/mol. The van der Waals surface area contributed by atoms with Crippen LogP contribution in [-0.2, 0) is 24.3 Å². The second kappa shape index (κ2) is 11.7. The van der Waals surface area contributed by atoms with Crippen LogP contribution in [0.2, 0.25) is 0 Å². The van der Waals surface area contributed by atoms with Gasteiger partial charge in [-0.15, -0.1) is 0 Å². The minimum Gasteiger partial charge on any atom is -0.452 e. The van der Waals surface area contributed by atoms with Gasteiger partial charge in [-0.1, -0.05) is 41.6 Å². The van der Waals surface area contributed by atoms with Crippen LogP contribution in [0.5, 0.6) is 0 Å². The van der Waals surface area contributed by atoms with Crippen molar-refractivity contribution in [2.45, 2.75) is 30.6 Å². The van der Waals surface area contributed by atoms with Crippen molar-refractivity contribution in [1.29, 1.82) is 0 Å². The molecule has 0 aliphatic rings. The van der Waals surface area contributed by atoms with Crippen molar-refractivity contribution in [1.82, 2.24) is 4.72 Å². The zero-order chi connectivity index (χ0) is 23.7. The maximum atomic E-state index is 12.3. The van der Waals surface area contributed by atoms with Crippen molar-refractivity contribution in [3.63, 3.8) is 0 Å². The fraction of sp³-hybridized carbons (Fsp3) is 0.238. The summed E-state index contributed by atoms with van der Waals surface area (Å²) in [6, 6.07) is 12.9. The van der Waals surface area contributed by atoms with Gasteiger partial charge < -0.3 is 10.1 Å². The molecule has 2 N–H and O–H groups in total. The van der Waals surface area contributed by atoms with Crippen LogP contribution in [0, 0.1) is 6.92 Å². The average Bonchev–Trinajstić information content (AvgIpc) is 2.73. The van der Waals surface area contributed by atoms with Gasteiger partial charge in [0.1, 0.15) is 6.54 Å². The number of carbonyl (C=O) groups excluding carboxylic acids is 2. The Labute approximate surface area is 189 Å². The molecule has 1 unspecified atom stereocenters. The van der Waals surface area contributed by atoms with E-state index in [1.807, 2.05) is 19.1 Å². The maximum absolute atomic E-state index is 12.3. The molecule has 0 aliphatic carbocycles. The minimum absolute atomic E-state index is 0.332. The molecule has 1 amide bonds. The largest absolute Gasteiger partial charge is 0.452 e. The molecule has 0 aromatic heterocycles. The lowest BCUT2D eigenvalue weighted by Crippen LogP contribution is -2.35. The molecule has 0 heterocycles. The molecule has 2 aromatic carbocycles. The summed E-state index contributed by atoms with van der Waals surface area (Å²) in [5.41, 5.74) is 2.04. The van der Waals surface area contributed by atoms with Crippen LogP contribution in [0.25, 0.3) is 6.08 Å². The number of hydrogen-bond acceptors (Lipinski definition) is 6. The Morgan fingerprint density at radius 2 is 1.72 bits per heavy atom. The van der Waals surface area contributed by atoms with Crippen molar-refractivity contribution < 1.29 is 31.5 Å². The third-order valence-corrected chi connectivity index (χ3v) is 5.72. The summed E-state index contributed by atoms with van der Waals surface area (Å²) >= 11 is 0.374. The molecule has 11 heteroatoms. The third-order valence-electron chi connectivity index (χ3n) is 3.96. The summed E-state index contributed by atoms with van der Waals surface area (Å²) in [4.78, 5) is 24.4. The van der Waals surface area contributed by atoms with Gasteiger partial charge in [-0.05, 0) is 49.8 Å². The molecule has 172 valence electrons. The van der Waals surface area contributed by atoms with E-state index in [0.717, 1.165) is 11.0 Å². The van der Waals surface area contributed by atoms with Crippen LogP contribution >= 0.6 is 11.8 Å². The Morgan fingerprint density at radius 3 is 2.31 bits per heavy atom. The van der Waals surface area contributed by atoms with Crippen molar-refractivity contribution in [3.05, 3.63) is 65.1 Å². The second-order valence-corrected chi connectivity index (χ2v) is 9.32. The van der Waals surface area contributed by atoms with Gasteiger partial charge in [-0.2, -0.15) is 8.78 Å². The summed E-state index contributed by atoms with van der Waals surface area (Å²) in [6.07, 6.45) is 0.180. The standard InChI is InChI=1S/C21H22F2N2O5S2/c1-14-3-5-16(6-4-14)11-12-32(28,29)24-13-19(26)30-15(2)20(27)25-17-7-9-18(10-8-17)31-21(22)23/h3-12,15,21,24H,13H2,1-2H3,(H,25,27)/b12-11+. The first-order chi connectivity index (χ1) is 15.0. The number of anilines is 1. The Hall–Kier alpha value is -2.76. The van der Waals surface area contributed by atoms with Crippen LogP contribution in [-0.4, -0.2) is 38.7 Å².